The third-order valence-electron chi connectivity index (χ3n) is 4.12. The van der Waals surface area contributed by atoms with Crippen LogP contribution in [0.2, 0.25) is 0 Å². The number of para-hydroxylation sites is 1. The standard InChI is InChI=1S/C18H23N5O2/c1-14-4-2-3-5-16(14)22-18-20-12-15(13-21-18)17(24)19-6-7-23-8-10-25-11-9-23/h2-5,12-13H,6-11H2,1H3,(H,19,24)(H,20,21,22). The second-order valence-corrected chi connectivity index (χ2v) is 5.95. The zero-order valence-electron chi connectivity index (χ0n) is 14.4. The van der Waals surface area contributed by atoms with Crippen molar-refractivity contribution in [3.63, 3.8) is 0 Å². The van der Waals surface area contributed by atoms with E-state index in [9.17, 15) is 4.79 Å². The molecule has 1 aromatic carbocycles. The number of aromatic nitrogens is 2. The van der Waals surface area contributed by atoms with Crippen molar-refractivity contribution in [3.05, 3.63) is 47.8 Å². The van der Waals surface area contributed by atoms with Gasteiger partial charge in [0.25, 0.3) is 5.91 Å². The van der Waals surface area contributed by atoms with Gasteiger partial charge >= 0.3 is 0 Å². The summed E-state index contributed by atoms with van der Waals surface area (Å²) in [6, 6.07) is 7.90. The lowest BCUT2D eigenvalue weighted by molar-refractivity contribution is 0.0383. The number of benzene rings is 1. The van der Waals surface area contributed by atoms with E-state index in [1.165, 1.54) is 12.4 Å². The van der Waals surface area contributed by atoms with E-state index in [0.29, 0.717) is 18.1 Å². The molecule has 1 fully saturated rings. The Morgan fingerprint density at radius 1 is 1.20 bits per heavy atom. The van der Waals surface area contributed by atoms with Gasteiger partial charge in [-0.3, -0.25) is 9.69 Å². The number of ether oxygens (including phenoxy) is 1. The average Bonchev–Trinajstić information content (AvgIpc) is 2.65. The fraction of sp³-hybridized carbons (Fsp3) is 0.389. The molecule has 1 saturated heterocycles. The van der Waals surface area contributed by atoms with E-state index < -0.39 is 0 Å². The number of rotatable bonds is 6. The molecule has 1 aliphatic heterocycles. The van der Waals surface area contributed by atoms with Gasteiger partial charge in [0.05, 0.1) is 18.8 Å². The number of hydrogen-bond donors (Lipinski definition) is 2. The molecule has 3 rings (SSSR count). The largest absolute Gasteiger partial charge is 0.379 e. The van der Waals surface area contributed by atoms with Gasteiger partial charge in [0.15, 0.2) is 0 Å². The lowest BCUT2D eigenvalue weighted by atomic mass is 10.2. The molecule has 1 amide bonds. The van der Waals surface area contributed by atoms with Gasteiger partial charge in [-0.15, -0.1) is 0 Å². The molecule has 0 radical (unpaired) electrons. The average molecular weight is 341 g/mol. The van der Waals surface area contributed by atoms with E-state index >= 15 is 0 Å². The Balaban J connectivity index is 1.49. The summed E-state index contributed by atoms with van der Waals surface area (Å²) in [7, 11) is 0. The fourth-order valence-corrected chi connectivity index (χ4v) is 2.60. The molecule has 1 aromatic heterocycles. The maximum Gasteiger partial charge on any atom is 0.254 e. The Bertz CT molecular complexity index is 699. The topological polar surface area (TPSA) is 79.4 Å². The lowest BCUT2D eigenvalue weighted by Gasteiger charge is -2.26. The minimum atomic E-state index is -0.157. The van der Waals surface area contributed by atoms with Gasteiger partial charge in [-0.1, -0.05) is 18.2 Å². The Hall–Kier alpha value is -2.51. The second kappa shape index (κ2) is 8.55. The molecule has 2 aromatic rings. The number of carbonyl (C=O) groups excluding carboxylic acids is 1. The number of hydrogen-bond acceptors (Lipinski definition) is 6. The summed E-state index contributed by atoms with van der Waals surface area (Å²) >= 11 is 0. The van der Waals surface area contributed by atoms with Gasteiger partial charge < -0.3 is 15.4 Å². The Labute approximate surface area is 147 Å². The SMILES string of the molecule is Cc1ccccc1Nc1ncc(C(=O)NCCN2CCOCC2)cn1. The summed E-state index contributed by atoms with van der Waals surface area (Å²) < 4.78 is 5.31. The van der Waals surface area contributed by atoms with Crippen LogP contribution in [0.3, 0.4) is 0 Å². The number of anilines is 2. The van der Waals surface area contributed by atoms with Gasteiger partial charge in [0.2, 0.25) is 5.95 Å². The summed E-state index contributed by atoms with van der Waals surface area (Å²) in [5.74, 6) is 0.315. The van der Waals surface area contributed by atoms with Crippen molar-refractivity contribution in [2.45, 2.75) is 6.92 Å². The predicted molar refractivity (Wildman–Crippen MR) is 96.1 cm³/mol. The van der Waals surface area contributed by atoms with Crippen molar-refractivity contribution in [2.24, 2.45) is 0 Å². The zero-order chi connectivity index (χ0) is 17.5. The lowest BCUT2D eigenvalue weighted by Crippen LogP contribution is -2.41. The third-order valence-corrected chi connectivity index (χ3v) is 4.12. The molecule has 2 N–H and O–H groups in total. The van der Waals surface area contributed by atoms with Crippen LogP contribution in [-0.2, 0) is 4.74 Å². The molecular weight excluding hydrogens is 318 g/mol. The molecule has 2 heterocycles. The van der Waals surface area contributed by atoms with Gasteiger partial charge in [-0.25, -0.2) is 9.97 Å². The van der Waals surface area contributed by atoms with Gasteiger partial charge in [0.1, 0.15) is 0 Å². The van der Waals surface area contributed by atoms with Crippen LogP contribution in [0.4, 0.5) is 11.6 Å². The van der Waals surface area contributed by atoms with E-state index in [4.69, 9.17) is 4.74 Å². The third kappa shape index (κ3) is 4.98. The van der Waals surface area contributed by atoms with E-state index in [1.807, 2.05) is 31.2 Å². The molecule has 0 spiro atoms. The molecule has 0 atom stereocenters. The molecular formula is C18H23N5O2. The van der Waals surface area contributed by atoms with E-state index in [-0.39, 0.29) is 5.91 Å². The molecule has 7 heteroatoms. The number of nitrogens with zero attached hydrogens (tertiary/aromatic N) is 3. The Morgan fingerprint density at radius 3 is 2.64 bits per heavy atom. The van der Waals surface area contributed by atoms with Crippen molar-refractivity contribution in [2.75, 3.05) is 44.7 Å². The highest BCUT2D eigenvalue weighted by atomic mass is 16.5. The van der Waals surface area contributed by atoms with Crippen LogP contribution < -0.4 is 10.6 Å². The van der Waals surface area contributed by atoms with Gasteiger partial charge in [-0.05, 0) is 18.6 Å². The monoisotopic (exact) mass is 341 g/mol. The van der Waals surface area contributed by atoms with E-state index in [2.05, 4.69) is 25.5 Å². The first-order chi connectivity index (χ1) is 12.2. The van der Waals surface area contributed by atoms with Crippen LogP contribution >= 0.6 is 0 Å². The highest BCUT2D eigenvalue weighted by molar-refractivity contribution is 5.93. The number of morpholine rings is 1. The summed E-state index contributed by atoms with van der Waals surface area (Å²) in [6.45, 7) is 6.79. The van der Waals surface area contributed by atoms with Crippen molar-refractivity contribution >= 4 is 17.5 Å². The zero-order valence-corrected chi connectivity index (χ0v) is 14.4. The normalized spacial score (nSPS) is 14.9. The smallest absolute Gasteiger partial charge is 0.254 e. The van der Waals surface area contributed by atoms with Crippen molar-refractivity contribution in [1.29, 1.82) is 0 Å². The van der Waals surface area contributed by atoms with Crippen LogP contribution in [0.5, 0.6) is 0 Å². The maximum absolute atomic E-state index is 12.2. The number of carbonyl (C=O) groups is 1. The molecule has 7 nitrogen and oxygen atoms in total. The summed E-state index contributed by atoms with van der Waals surface area (Å²) in [5, 5.41) is 6.05. The second-order valence-electron chi connectivity index (χ2n) is 5.95. The van der Waals surface area contributed by atoms with Crippen LogP contribution in [-0.4, -0.2) is 60.2 Å². The number of nitrogens with one attached hydrogen (secondary N) is 2. The molecule has 132 valence electrons. The number of aryl methyl sites for hydroxylation is 1. The number of amides is 1. The van der Waals surface area contributed by atoms with Crippen LogP contribution in [0, 0.1) is 6.92 Å². The summed E-state index contributed by atoms with van der Waals surface area (Å²) in [6.07, 6.45) is 3.08. The highest BCUT2D eigenvalue weighted by Crippen LogP contribution is 2.16. The van der Waals surface area contributed by atoms with Crippen molar-refractivity contribution < 1.29 is 9.53 Å². The molecule has 0 bridgehead atoms. The quantitative estimate of drug-likeness (QED) is 0.831. The molecule has 0 saturated carbocycles. The highest BCUT2D eigenvalue weighted by Gasteiger charge is 2.11. The summed E-state index contributed by atoms with van der Waals surface area (Å²) in [4.78, 5) is 22.9. The first kappa shape index (κ1) is 17.3. The van der Waals surface area contributed by atoms with Crippen molar-refractivity contribution in [1.82, 2.24) is 20.2 Å². The maximum atomic E-state index is 12.2. The van der Waals surface area contributed by atoms with Gasteiger partial charge in [0, 0.05) is 44.3 Å². The van der Waals surface area contributed by atoms with E-state index in [1.54, 1.807) is 0 Å². The molecule has 25 heavy (non-hydrogen) atoms. The van der Waals surface area contributed by atoms with Crippen LogP contribution in [0.15, 0.2) is 36.7 Å². The van der Waals surface area contributed by atoms with Crippen LogP contribution in [0.25, 0.3) is 0 Å². The molecule has 1 aliphatic rings. The Morgan fingerprint density at radius 2 is 1.92 bits per heavy atom. The Kier molecular flexibility index (Phi) is 5.92. The summed E-state index contributed by atoms with van der Waals surface area (Å²) in [5.41, 5.74) is 2.51. The minimum Gasteiger partial charge on any atom is -0.379 e. The first-order valence-corrected chi connectivity index (χ1v) is 8.45. The molecule has 0 unspecified atom stereocenters. The van der Waals surface area contributed by atoms with Crippen molar-refractivity contribution in [3.8, 4) is 0 Å². The van der Waals surface area contributed by atoms with Crippen LogP contribution in [0.1, 0.15) is 15.9 Å². The minimum absolute atomic E-state index is 0.157. The van der Waals surface area contributed by atoms with E-state index in [0.717, 1.165) is 44.1 Å². The fourth-order valence-electron chi connectivity index (χ4n) is 2.60. The molecule has 0 aliphatic carbocycles. The van der Waals surface area contributed by atoms with Gasteiger partial charge in [-0.2, -0.15) is 0 Å². The first-order valence-electron chi connectivity index (χ1n) is 8.45. The predicted octanol–water partition coefficient (Wildman–Crippen LogP) is 1.59.